The molecule has 1 atom stereocenters. The van der Waals surface area contributed by atoms with Gasteiger partial charge in [0, 0.05) is 0 Å². The third kappa shape index (κ3) is 3.79. The monoisotopic (exact) mass is 299 g/mol. The molecular weight excluding hydrogens is 278 g/mol. The van der Waals surface area contributed by atoms with E-state index < -0.39 is 6.10 Å². The minimum Gasteiger partial charge on any atom is -0.495 e. The van der Waals surface area contributed by atoms with Gasteiger partial charge in [0.15, 0.2) is 6.10 Å². The third-order valence-corrected chi connectivity index (χ3v) is 3.39. The molecule has 0 aliphatic heterocycles. The van der Waals surface area contributed by atoms with Crippen molar-refractivity contribution in [2.45, 2.75) is 26.4 Å². The van der Waals surface area contributed by atoms with Crippen molar-refractivity contribution in [3.8, 4) is 11.5 Å². The molecule has 4 nitrogen and oxygen atoms in total. The lowest BCUT2D eigenvalue weighted by atomic mass is 10.1. The fourth-order valence-corrected chi connectivity index (χ4v) is 2.14. The minimum atomic E-state index is -0.599. The van der Waals surface area contributed by atoms with Crippen LogP contribution in [0.4, 0.5) is 5.69 Å². The molecule has 0 saturated heterocycles. The van der Waals surface area contributed by atoms with Gasteiger partial charge in [0.05, 0.1) is 12.8 Å². The van der Waals surface area contributed by atoms with Crippen LogP contribution < -0.4 is 14.8 Å². The molecule has 2 aromatic rings. The highest BCUT2D eigenvalue weighted by Gasteiger charge is 2.17. The summed E-state index contributed by atoms with van der Waals surface area (Å²) in [7, 11) is 1.57. The third-order valence-electron chi connectivity index (χ3n) is 3.39. The zero-order valence-corrected chi connectivity index (χ0v) is 13.1. The molecule has 0 aliphatic carbocycles. The Labute approximate surface area is 131 Å². The molecule has 0 aliphatic rings. The number of carbonyl (C=O) groups excluding carboxylic acids is 1. The fraction of sp³-hybridized carbons (Fsp3) is 0.278. The van der Waals surface area contributed by atoms with Crippen molar-refractivity contribution in [2.24, 2.45) is 0 Å². The summed E-state index contributed by atoms with van der Waals surface area (Å²) in [5, 5.41) is 2.83. The average Bonchev–Trinajstić information content (AvgIpc) is 2.55. The molecule has 0 fully saturated rings. The second-order valence-corrected chi connectivity index (χ2v) is 4.91. The summed E-state index contributed by atoms with van der Waals surface area (Å²) in [6, 6.07) is 15.0. The first-order chi connectivity index (χ1) is 10.7. The van der Waals surface area contributed by atoms with Crippen molar-refractivity contribution >= 4 is 11.6 Å². The number of benzene rings is 2. The number of methoxy groups -OCH3 is 1. The van der Waals surface area contributed by atoms with Crippen LogP contribution >= 0.6 is 0 Å². The first-order valence-corrected chi connectivity index (χ1v) is 7.34. The van der Waals surface area contributed by atoms with Gasteiger partial charge < -0.3 is 14.8 Å². The van der Waals surface area contributed by atoms with Crippen LogP contribution in [0.3, 0.4) is 0 Å². The normalized spacial score (nSPS) is 11.6. The van der Waals surface area contributed by atoms with Crippen molar-refractivity contribution < 1.29 is 14.3 Å². The van der Waals surface area contributed by atoms with Gasteiger partial charge in [0.2, 0.25) is 0 Å². The summed E-state index contributed by atoms with van der Waals surface area (Å²) in [5.74, 6) is 1.15. The quantitative estimate of drug-likeness (QED) is 0.885. The van der Waals surface area contributed by atoms with E-state index in [9.17, 15) is 4.79 Å². The van der Waals surface area contributed by atoms with Crippen LogP contribution in [0.1, 0.15) is 19.4 Å². The first kappa shape index (κ1) is 15.9. The summed E-state index contributed by atoms with van der Waals surface area (Å²) in [6.07, 6.45) is 0.259. The van der Waals surface area contributed by atoms with Crippen molar-refractivity contribution in [2.75, 3.05) is 12.4 Å². The molecule has 0 saturated carbocycles. The Hall–Kier alpha value is -2.49. The van der Waals surface area contributed by atoms with Crippen molar-refractivity contribution in [1.82, 2.24) is 0 Å². The van der Waals surface area contributed by atoms with Crippen molar-refractivity contribution in [3.63, 3.8) is 0 Å². The van der Waals surface area contributed by atoms with Gasteiger partial charge in [-0.1, -0.05) is 37.3 Å². The van der Waals surface area contributed by atoms with E-state index in [1.165, 1.54) is 0 Å². The number of rotatable bonds is 6. The highest BCUT2D eigenvalue weighted by atomic mass is 16.5. The Balaban J connectivity index is 2.06. The lowest BCUT2D eigenvalue weighted by Gasteiger charge is -2.17. The second-order valence-electron chi connectivity index (χ2n) is 4.91. The largest absolute Gasteiger partial charge is 0.495 e. The Morgan fingerprint density at radius 1 is 1.09 bits per heavy atom. The summed E-state index contributed by atoms with van der Waals surface area (Å²) in [4.78, 5) is 12.3. The van der Waals surface area contributed by atoms with E-state index in [4.69, 9.17) is 9.47 Å². The number of hydrogen-bond acceptors (Lipinski definition) is 3. The van der Waals surface area contributed by atoms with Gasteiger partial charge >= 0.3 is 0 Å². The van der Waals surface area contributed by atoms with Crippen molar-refractivity contribution in [3.05, 3.63) is 54.1 Å². The number of anilines is 1. The van der Waals surface area contributed by atoms with E-state index in [2.05, 4.69) is 12.2 Å². The Kier molecular flexibility index (Phi) is 5.42. The molecule has 0 aromatic heterocycles. The number of ether oxygens (including phenoxy) is 2. The van der Waals surface area contributed by atoms with E-state index in [0.717, 1.165) is 17.7 Å². The van der Waals surface area contributed by atoms with Gasteiger partial charge in [-0.15, -0.1) is 0 Å². The van der Waals surface area contributed by atoms with Gasteiger partial charge in [0.1, 0.15) is 11.5 Å². The SMILES string of the molecule is CCc1ccccc1OC(C)C(=O)Nc1ccccc1OC. The number of amides is 1. The molecule has 2 aromatic carbocycles. The molecule has 116 valence electrons. The summed E-state index contributed by atoms with van der Waals surface area (Å²) in [5.41, 5.74) is 1.72. The molecule has 0 spiro atoms. The summed E-state index contributed by atoms with van der Waals surface area (Å²) < 4.78 is 11.0. The fourth-order valence-electron chi connectivity index (χ4n) is 2.14. The Morgan fingerprint density at radius 2 is 1.73 bits per heavy atom. The van der Waals surface area contributed by atoms with E-state index in [1.54, 1.807) is 26.2 Å². The molecule has 1 N–H and O–H groups in total. The number of carbonyl (C=O) groups is 1. The predicted octanol–water partition coefficient (Wildman–Crippen LogP) is 3.66. The summed E-state index contributed by atoms with van der Waals surface area (Å²) in [6.45, 7) is 3.79. The highest BCUT2D eigenvalue weighted by Crippen LogP contribution is 2.24. The maximum absolute atomic E-state index is 12.3. The van der Waals surface area contributed by atoms with E-state index >= 15 is 0 Å². The minimum absolute atomic E-state index is 0.213. The molecule has 22 heavy (non-hydrogen) atoms. The van der Waals surface area contributed by atoms with Crippen LogP contribution in [0.5, 0.6) is 11.5 Å². The molecule has 1 amide bonds. The van der Waals surface area contributed by atoms with Crippen LogP contribution in [0.25, 0.3) is 0 Å². The zero-order chi connectivity index (χ0) is 15.9. The molecule has 1 unspecified atom stereocenters. The number of hydrogen-bond donors (Lipinski definition) is 1. The van der Waals surface area contributed by atoms with Gasteiger partial charge in [0.25, 0.3) is 5.91 Å². The van der Waals surface area contributed by atoms with E-state index in [0.29, 0.717) is 11.4 Å². The molecular formula is C18H21NO3. The van der Waals surface area contributed by atoms with Gasteiger partial charge in [-0.25, -0.2) is 0 Å². The smallest absolute Gasteiger partial charge is 0.265 e. The Morgan fingerprint density at radius 3 is 2.41 bits per heavy atom. The molecule has 2 rings (SSSR count). The maximum atomic E-state index is 12.3. The molecule has 0 bridgehead atoms. The lowest BCUT2D eigenvalue weighted by molar-refractivity contribution is -0.122. The maximum Gasteiger partial charge on any atom is 0.265 e. The molecule has 0 heterocycles. The van der Waals surface area contributed by atoms with Crippen LogP contribution in [0, 0.1) is 0 Å². The van der Waals surface area contributed by atoms with Crippen LogP contribution in [-0.2, 0) is 11.2 Å². The van der Waals surface area contributed by atoms with Gasteiger partial charge in [-0.3, -0.25) is 4.79 Å². The topological polar surface area (TPSA) is 47.6 Å². The van der Waals surface area contributed by atoms with Crippen LogP contribution in [0.15, 0.2) is 48.5 Å². The molecule has 4 heteroatoms. The van der Waals surface area contributed by atoms with Crippen LogP contribution in [0.2, 0.25) is 0 Å². The average molecular weight is 299 g/mol. The standard InChI is InChI=1S/C18H21NO3/c1-4-14-9-5-7-11-16(14)22-13(2)18(20)19-15-10-6-8-12-17(15)21-3/h5-13H,4H2,1-3H3,(H,19,20). The summed E-state index contributed by atoms with van der Waals surface area (Å²) >= 11 is 0. The van der Waals surface area contributed by atoms with E-state index in [1.807, 2.05) is 36.4 Å². The molecule has 0 radical (unpaired) electrons. The number of aryl methyl sites for hydroxylation is 1. The van der Waals surface area contributed by atoms with Crippen molar-refractivity contribution in [1.29, 1.82) is 0 Å². The number of nitrogens with one attached hydrogen (secondary N) is 1. The van der Waals surface area contributed by atoms with E-state index in [-0.39, 0.29) is 5.91 Å². The van der Waals surface area contributed by atoms with Gasteiger partial charge in [-0.05, 0) is 37.1 Å². The lowest BCUT2D eigenvalue weighted by Crippen LogP contribution is -2.30. The van der Waals surface area contributed by atoms with Crippen LogP contribution in [-0.4, -0.2) is 19.1 Å². The predicted molar refractivity (Wildman–Crippen MR) is 87.5 cm³/mol. The number of para-hydroxylation sites is 3. The zero-order valence-electron chi connectivity index (χ0n) is 13.1. The Bertz CT molecular complexity index is 640. The van der Waals surface area contributed by atoms with Gasteiger partial charge in [-0.2, -0.15) is 0 Å². The first-order valence-electron chi connectivity index (χ1n) is 7.34. The highest BCUT2D eigenvalue weighted by molar-refractivity contribution is 5.95. The second kappa shape index (κ2) is 7.50.